The number of nitrogens with zero attached hydrogens (tertiary/aromatic N) is 3. The molecule has 0 unspecified atom stereocenters. The van der Waals surface area contributed by atoms with Crippen molar-refractivity contribution in [1.29, 1.82) is 0 Å². The number of thiazole rings is 1. The lowest BCUT2D eigenvalue weighted by atomic mass is 9.93. The molecule has 5 rings (SSSR count). The lowest BCUT2D eigenvalue weighted by Gasteiger charge is -2.24. The van der Waals surface area contributed by atoms with Crippen LogP contribution in [-0.4, -0.2) is 22.2 Å². The lowest BCUT2D eigenvalue weighted by molar-refractivity contribution is -0.136. The Bertz CT molecular complexity index is 1790. The summed E-state index contributed by atoms with van der Waals surface area (Å²) in [5, 5.41) is 0.678. The molecule has 200 valence electrons. The van der Waals surface area contributed by atoms with Crippen molar-refractivity contribution in [2.45, 2.75) is 46.6 Å². The second-order valence-corrected chi connectivity index (χ2v) is 11.5. The SMILES string of the molecule is COC(=O)C1=C(C)N=c2s/c(=C\c3cc(C)n(-c4ccc(Cl)cc4)c3C)c(=O)n2[C@@H]1c1ccc(C(C)C)cc1. The number of fused-ring (bicyclic) bond motifs is 1. The first-order chi connectivity index (χ1) is 18.6. The van der Waals surface area contributed by atoms with Crippen LogP contribution in [0.5, 0.6) is 0 Å². The normalized spacial score (nSPS) is 15.5. The molecule has 0 bridgehead atoms. The highest BCUT2D eigenvalue weighted by molar-refractivity contribution is 7.07. The summed E-state index contributed by atoms with van der Waals surface area (Å²) in [4.78, 5) is 32.1. The average molecular weight is 560 g/mol. The largest absolute Gasteiger partial charge is 0.466 e. The number of aromatic nitrogens is 2. The van der Waals surface area contributed by atoms with E-state index in [9.17, 15) is 9.59 Å². The van der Waals surface area contributed by atoms with Gasteiger partial charge in [0, 0.05) is 22.1 Å². The Morgan fingerprint density at radius 3 is 2.36 bits per heavy atom. The van der Waals surface area contributed by atoms with Crippen LogP contribution in [0.3, 0.4) is 0 Å². The minimum atomic E-state index is -0.626. The summed E-state index contributed by atoms with van der Waals surface area (Å²) in [5.74, 6) is -0.125. The van der Waals surface area contributed by atoms with Gasteiger partial charge in [-0.05, 0) is 79.8 Å². The van der Waals surface area contributed by atoms with Crippen molar-refractivity contribution in [2.75, 3.05) is 7.11 Å². The fraction of sp³-hybridized carbons (Fsp3) is 0.258. The molecule has 39 heavy (non-hydrogen) atoms. The number of hydrogen-bond acceptors (Lipinski definition) is 5. The summed E-state index contributed by atoms with van der Waals surface area (Å²) in [6, 6.07) is 17.2. The number of esters is 1. The van der Waals surface area contributed by atoms with Crippen molar-refractivity contribution in [3.05, 3.63) is 119 Å². The van der Waals surface area contributed by atoms with Gasteiger partial charge in [-0.3, -0.25) is 9.36 Å². The first kappa shape index (κ1) is 26.9. The Labute approximate surface area is 236 Å². The summed E-state index contributed by atoms with van der Waals surface area (Å²) in [7, 11) is 1.35. The number of carbonyl (C=O) groups excluding carboxylic acids is 1. The van der Waals surface area contributed by atoms with Crippen LogP contribution in [0.25, 0.3) is 11.8 Å². The maximum atomic E-state index is 13.9. The molecular formula is C31H30ClN3O3S. The van der Waals surface area contributed by atoms with Gasteiger partial charge in [0.2, 0.25) is 0 Å². The number of benzene rings is 2. The molecule has 0 saturated carbocycles. The van der Waals surface area contributed by atoms with Crippen LogP contribution in [0.1, 0.15) is 60.8 Å². The molecule has 2 aromatic carbocycles. The van der Waals surface area contributed by atoms with Crippen molar-refractivity contribution >= 4 is 35.0 Å². The number of ether oxygens (including phenoxy) is 1. The molecule has 1 atom stereocenters. The Morgan fingerprint density at radius 1 is 1.08 bits per heavy atom. The Hall–Kier alpha value is -3.68. The Morgan fingerprint density at radius 2 is 1.74 bits per heavy atom. The molecule has 0 spiro atoms. The molecule has 4 aromatic rings. The van der Waals surface area contributed by atoms with E-state index in [1.54, 1.807) is 11.5 Å². The van der Waals surface area contributed by atoms with E-state index in [0.717, 1.165) is 28.2 Å². The predicted octanol–water partition coefficient (Wildman–Crippen LogP) is 5.59. The van der Waals surface area contributed by atoms with Crippen molar-refractivity contribution < 1.29 is 9.53 Å². The van der Waals surface area contributed by atoms with Gasteiger partial charge in [-0.25, -0.2) is 9.79 Å². The third kappa shape index (κ3) is 4.81. The van der Waals surface area contributed by atoms with E-state index in [4.69, 9.17) is 16.3 Å². The minimum Gasteiger partial charge on any atom is -0.466 e. The maximum Gasteiger partial charge on any atom is 0.338 e. The highest BCUT2D eigenvalue weighted by Gasteiger charge is 2.33. The average Bonchev–Trinajstić information content (AvgIpc) is 3.37. The quantitative estimate of drug-likeness (QED) is 0.299. The number of rotatable bonds is 5. The van der Waals surface area contributed by atoms with Gasteiger partial charge in [0.05, 0.1) is 29.0 Å². The molecule has 2 aromatic heterocycles. The molecule has 0 aliphatic carbocycles. The molecule has 1 aliphatic heterocycles. The number of hydrogen-bond donors (Lipinski definition) is 0. The third-order valence-corrected chi connectivity index (χ3v) is 8.42. The fourth-order valence-electron chi connectivity index (χ4n) is 5.13. The van der Waals surface area contributed by atoms with Gasteiger partial charge in [-0.1, -0.05) is 61.1 Å². The monoisotopic (exact) mass is 559 g/mol. The zero-order valence-electron chi connectivity index (χ0n) is 22.8. The fourth-order valence-corrected chi connectivity index (χ4v) is 6.30. The standard InChI is InChI=1S/C31H30ClN3O3S/c1-17(2)21-7-9-22(10-8-21)28-27(30(37)38-6)19(4)33-31-35(28)29(36)26(39-31)16-23-15-18(3)34(20(23)5)25-13-11-24(32)12-14-25/h7-17,28H,1-6H3/b26-16-/t28-/m1/s1. The number of methoxy groups -OCH3 is 1. The van der Waals surface area contributed by atoms with Crippen LogP contribution >= 0.6 is 22.9 Å². The first-order valence-electron chi connectivity index (χ1n) is 12.8. The predicted molar refractivity (Wildman–Crippen MR) is 157 cm³/mol. The second-order valence-electron chi connectivity index (χ2n) is 10.0. The highest BCUT2D eigenvalue weighted by Crippen LogP contribution is 2.31. The van der Waals surface area contributed by atoms with E-state index in [1.165, 1.54) is 24.0 Å². The molecule has 6 nitrogen and oxygen atoms in total. The Balaban J connectivity index is 1.68. The van der Waals surface area contributed by atoms with E-state index in [-0.39, 0.29) is 5.56 Å². The molecule has 0 N–H and O–H groups in total. The smallest absolute Gasteiger partial charge is 0.338 e. The number of carbonyl (C=O) groups is 1. The molecule has 0 fully saturated rings. The van der Waals surface area contributed by atoms with E-state index in [0.29, 0.717) is 31.5 Å². The molecule has 1 aliphatic rings. The van der Waals surface area contributed by atoms with Crippen molar-refractivity contribution in [3.63, 3.8) is 0 Å². The lowest BCUT2D eigenvalue weighted by Crippen LogP contribution is -2.39. The number of halogens is 1. The molecule has 0 amide bonds. The van der Waals surface area contributed by atoms with E-state index >= 15 is 0 Å². The van der Waals surface area contributed by atoms with Gasteiger partial charge in [-0.15, -0.1) is 0 Å². The van der Waals surface area contributed by atoms with Crippen LogP contribution in [0.15, 0.2) is 75.7 Å². The van der Waals surface area contributed by atoms with Gasteiger partial charge in [0.25, 0.3) is 5.56 Å². The number of allylic oxidation sites excluding steroid dienone is 1. The van der Waals surface area contributed by atoms with Gasteiger partial charge in [0.1, 0.15) is 0 Å². The second kappa shape index (κ2) is 10.5. The van der Waals surface area contributed by atoms with Crippen molar-refractivity contribution in [3.8, 4) is 5.69 Å². The summed E-state index contributed by atoms with van der Waals surface area (Å²) in [5.41, 5.74) is 6.73. The summed E-state index contributed by atoms with van der Waals surface area (Å²) in [6.07, 6.45) is 1.91. The minimum absolute atomic E-state index is 0.193. The van der Waals surface area contributed by atoms with Crippen molar-refractivity contribution in [2.24, 2.45) is 4.99 Å². The van der Waals surface area contributed by atoms with Gasteiger partial charge < -0.3 is 9.30 Å². The molecule has 0 saturated heterocycles. The zero-order valence-corrected chi connectivity index (χ0v) is 24.4. The van der Waals surface area contributed by atoms with Crippen LogP contribution in [0.4, 0.5) is 0 Å². The Kier molecular flexibility index (Phi) is 7.23. The molecule has 8 heteroatoms. The number of aryl methyl sites for hydroxylation is 1. The zero-order chi connectivity index (χ0) is 28.0. The summed E-state index contributed by atoms with van der Waals surface area (Å²) in [6.45, 7) is 10.1. The van der Waals surface area contributed by atoms with Crippen LogP contribution < -0.4 is 14.9 Å². The summed E-state index contributed by atoms with van der Waals surface area (Å²) < 4.78 is 9.43. The van der Waals surface area contributed by atoms with Gasteiger partial charge >= 0.3 is 5.97 Å². The highest BCUT2D eigenvalue weighted by atomic mass is 35.5. The van der Waals surface area contributed by atoms with E-state index in [1.807, 2.05) is 68.5 Å². The van der Waals surface area contributed by atoms with Gasteiger partial charge in [0.15, 0.2) is 4.80 Å². The molecule has 3 heterocycles. The molecule has 0 radical (unpaired) electrons. The first-order valence-corrected chi connectivity index (χ1v) is 14.0. The van der Waals surface area contributed by atoms with Crippen LogP contribution in [0.2, 0.25) is 5.02 Å². The van der Waals surface area contributed by atoms with Crippen molar-refractivity contribution in [1.82, 2.24) is 9.13 Å². The topological polar surface area (TPSA) is 65.6 Å². The molecular weight excluding hydrogens is 530 g/mol. The van der Waals surface area contributed by atoms with Crippen LogP contribution in [-0.2, 0) is 9.53 Å². The maximum absolute atomic E-state index is 13.9. The summed E-state index contributed by atoms with van der Waals surface area (Å²) >= 11 is 7.42. The van der Waals surface area contributed by atoms with E-state index in [2.05, 4.69) is 29.5 Å². The van der Waals surface area contributed by atoms with Crippen LogP contribution in [0, 0.1) is 13.8 Å². The third-order valence-electron chi connectivity index (χ3n) is 7.19. The van der Waals surface area contributed by atoms with Gasteiger partial charge in [-0.2, -0.15) is 0 Å². The van der Waals surface area contributed by atoms with E-state index < -0.39 is 12.0 Å².